The van der Waals surface area contributed by atoms with E-state index in [1.807, 2.05) is 31.3 Å². The molecule has 0 spiro atoms. The fourth-order valence-electron chi connectivity index (χ4n) is 2.76. The summed E-state index contributed by atoms with van der Waals surface area (Å²) in [5.41, 5.74) is 1.84. The van der Waals surface area contributed by atoms with Crippen molar-refractivity contribution in [1.29, 1.82) is 0 Å². The minimum absolute atomic E-state index is 0.184. The van der Waals surface area contributed by atoms with E-state index in [2.05, 4.69) is 29.4 Å². The fourth-order valence-corrected chi connectivity index (χ4v) is 2.76. The molecule has 122 valence electrons. The van der Waals surface area contributed by atoms with Gasteiger partial charge in [0.25, 0.3) is 0 Å². The molecule has 0 aromatic heterocycles. The Morgan fingerprint density at radius 1 is 1.41 bits per heavy atom. The van der Waals surface area contributed by atoms with E-state index in [4.69, 9.17) is 0 Å². The maximum atomic E-state index is 12.0. The summed E-state index contributed by atoms with van der Waals surface area (Å²) >= 11 is 0. The summed E-state index contributed by atoms with van der Waals surface area (Å²) in [6, 6.07) is 7.98. The second kappa shape index (κ2) is 7.49. The van der Waals surface area contributed by atoms with Crippen LogP contribution in [0.25, 0.3) is 0 Å². The molecule has 1 saturated carbocycles. The third-order valence-corrected chi connectivity index (χ3v) is 4.43. The Kier molecular flexibility index (Phi) is 5.66. The lowest BCUT2D eigenvalue weighted by molar-refractivity contribution is 0.133. The maximum Gasteiger partial charge on any atom is 0.319 e. The van der Waals surface area contributed by atoms with Crippen molar-refractivity contribution in [2.45, 2.75) is 45.3 Å². The van der Waals surface area contributed by atoms with Gasteiger partial charge in [0.2, 0.25) is 0 Å². The van der Waals surface area contributed by atoms with E-state index in [1.54, 1.807) is 0 Å². The Balaban J connectivity index is 1.87. The van der Waals surface area contributed by atoms with E-state index < -0.39 is 0 Å². The van der Waals surface area contributed by atoms with Gasteiger partial charge in [0.15, 0.2) is 0 Å². The molecule has 1 aliphatic carbocycles. The largest absolute Gasteiger partial charge is 0.393 e. The van der Waals surface area contributed by atoms with Crippen molar-refractivity contribution in [3.8, 4) is 0 Å². The molecule has 1 aromatic carbocycles. The number of aliphatic hydroxyl groups excluding tert-OH is 1. The number of nitrogens with zero attached hydrogens (tertiary/aromatic N) is 1. The van der Waals surface area contributed by atoms with E-state index in [0.29, 0.717) is 12.6 Å². The lowest BCUT2D eigenvalue weighted by Gasteiger charge is -2.24. The van der Waals surface area contributed by atoms with Crippen LogP contribution in [-0.2, 0) is 0 Å². The van der Waals surface area contributed by atoms with Gasteiger partial charge in [-0.05, 0) is 44.9 Å². The molecule has 2 rings (SSSR count). The molecule has 5 nitrogen and oxygen atoms in total. The molecule has 0 heterocycles. The normalized spacial score (nSPS) is 21.0. The Hall–Kier alpha value is -1.75. The highest BCUT2D eigenvalue weighted by molar-refractivity contribution is 5.89. The van der Waals surface area contributed by atoms with Crippen LogP contribution in [0.4, 0.5) is 16.2 Å². The molecule has 0 bridgehead atoms. The highest BCUT2D eigenvalue weighted by Crippen LogP contribution is 2.24. The molecule has 0 radical (unpaired) electrons. The van der Waals surface area contributed by atoms with E-state index in [0.717, 1.165) is 30.6 Å². The highest BCUT2D eigenvalue weighted by atomic mass is 16.3. The molecule has 0 unspecified atom stereocenters. The smallest absolute Gasteiger partial charge is 0.319 e. The first-order valence-corrected chi connectivity index (χ1v) is 8.03. The van der Waals surface area contributed by atoms with Crippen LogP contribution in [0.5, 0.6) is 0 Å². The van der Waals surface area contributed by atoms with E-state index in [1.165, 1.54) is 0 Å². The first kappa shape index (κ1) is 16.6. The average Bonchev–Trinajstić information content (AvgIpc) is 2.90. The van der Waals surface area contributed by atoms with Gasteiger partial charge in [-0.1, -0.05) is 12.5 Å². The summed E-state index contributed by atoms with van der Waals surface area (Å²) in [7, 11) is 2.03. The number of anilines is 2. The van der Waals surface area contributed by atoms with Gasteiger partial charge in [0.05, 0.1) is 6.10 Å². The summed E-state index contributed by atoms with van der Waals surface area (Å²) < 4.78 is 0. The van der Waals surface area contributed by atoms with Gasteiger partial charge >= 0.3 is 6.03 Å². The number of rotatable bonds is 5. The lowest BCUT2D eigenvalue weighted by atomic mass is 10.1. The topological polar surface area (TPSA) is 64.6 Å². The van der Waals surface area contributed by atoms with Gasteiger partial charge in [-0.15, -0.1) is 0 Å². The van der Waals surface area contributed by atoms with Gasteiger partial charge in [-0.25, -0.2) is 4.79 Å². The minimum Gasteiger partial charge on any atom is -0.393 e. The zero-order valence-corrected chi connectivity index (χ0v) is 13.7. The molecular formula is C17H27N3O2. The molecule has 2 amide bonds. The third-order valence-electron chi connectivity index (χ3n) is 4.43. The standard InChI is InChI=1S/C17H27N3O2/c1-12(2)20(3)15-8-5-7-14(10-15)19-17(22)18-11-13-6-4-9-16(13)21/h5,7-8,10,12-13,16,21H,4,6,9,11H2,1-3H3,(H2,18,19,22)/t13-,16+/m0/s1. The zero-order valence-electron chi connectivity index (χ0n) is 13.7. The summed E-state index contributed by atoms with van der Waals surface area (Å²) in [5, 5.41) is 15.5. The van der Waals surface area contributed by atoms with E-state index >= 15 is 0 Å². The number of nitrogens with one attached hydrogen (secondary N) is 2. The van der Waals surface area contributed by atoms with Crippen LogP contribution < -0.4 is 15.5 Å². The van der Waals surface area contributed by atoms with Gasteiger partial charge < -0.3 is 20.6 Å². The van der Waals surface area contributed by atoms with Crippen LogP contribution in [0.1, 0.15) is 33.1 Å². The molecule has 5 heteroatoms. The van der Waals surface area contributed by atoms with Crippen LogP contribution in [-0.4, -0.2) is 36.9 Å². The van der Waals surface area contributed by atoms with Crippen molar-refractivity contribution in [1.82, 2.24) is 5.32 Å². The number of urea groups is 1. The summed E-state index contributed by atoms with van der Waals surface area (Å²) in [5.74, 6) is 0.184. The van der Waals surface area contributed by atoms with Gasteiger partial charge in [-0.3, -0.25) is 0 Å². The van der Waals surface area contributed by atoms with Gasteiger partial charge in [-0.2, -0.15) is 0 Å². The lowest BCUT2D eigenvalue weighted by Crippen LogP contribution is -2.35. The molecule has 2 atom stereocenters. The van der Waals surface area contributed by atoms with Crippen molar-refractivity contribution in [2.24, 2.45) is 5.92 Å². The van der Waals surface area contributed by atoms with E-state index in [9.17, 15) is 9.90 Å². The van der Waals surface area contributed by atoms with Crippen molar-refractivity contribution >= 4 is 17.4 Å². The quantitative estimate of drug-likeness (QED) is 0.784. The van der Waals surface area contributed by atoms with Gasteiger partial charge in [0.1, 0.15) is 0 Å². The van der Waals surface area contributed by atoms with Crippen molar-refractivity contribution < 1.29 is 9.90 Å². The van der Waals surface area contributed by atoms with Crippen LogP contribution in [0.2, 0.25) is 0 Å². The minimum atomic E-state index is -0.275. The van der Waals surface area contributed by atoms with E-state index in [-0.39, 0.29) is 18.1 Å². The second-order valence-corrected chi connectivity index (χ2v) is 6.35. The Morgan fingerprint density at radius 2 is 2.18 bits per heavy atom. The molecule has 3 N–H and O–H groups in total. The average molecular weight is 305 g/mol. The summed E-state index contributed by atoms with van der Waals surface area (Å²) in [6.07, 6.45) is 2.59. The van der Waals surface area contributed by atoms with Crippen molar-refractivity contribution in [3.05, 3.63) is 24.3 Å². The number of carbonyl (C=O) groups is 1. The van der Waals surface area contributed by atoms with Crippen LogP contribution in [0.3, 0.4) is 0 Å². The molecule has 22 heavy (non-hydrogen) atoms. The molecule has 0 aliphatic heterocycles. The van der Waals surface area contributed by atoms with Crippen molar-refractivity contribution in [2.75, 3.05) is 23.8 Å². The fraction of sp³-hybridized carbons (Fsp3) is 0.588. The zero-order chi connectivity index (χ0) is 16.1. The maximum absolute atomic E-state index is 12.0. The second-order valence-electron chi connectivity index (χ2n) is 6.35. The monoisotopic (exact) mass is 305 g/mol. The molecule has 1 fully saturated rings. The Bertz CT molecular complexity index is 504. The summed E-state index contributed by atoms with van der Waals surface area (Å²) in [4.78, 5) is 14.1. The van der Waals surface area contributed by atoms with Crippen LogP contribution >= 0.6 is 0 Å². The Morgan fingerprint density at radius 3 is 2.82 bits per heavy atom. The number of hydrogen-bond acceptors (Lipinski definition) is 3. The van der Waals surface area contributed by atoms with Crippen LogP contribution in [0, 0.1) is 5.92 Å². The number of amides is 2. The SMILES string of the molecule is CC(C)N(C)c1cccc(NC(=O)NC[C@@H]2CCC[C@H]2O)c1. The number of benzene rings is 1. The van der Waals surface area contributed by atoms with Gasteiger partial charge in [0, 0.05) is 36.9 Å². The Labute approximate surface area is 132 Å². The van der Waals surface area contributed by atoms with Crippen LogP contribution in [0.15, 0.2) is 24.3 Å². The molecule has 0 saturated heterocycles. The predicted molar refractivity (Wildman–Crippen MR) is 90.4 cm³/mol. The number of aliphatic hydroxyl groups is 1. The third kappa shape index (κ3) is 4.37. The number of hydrogen-bond donors (Lipinski definition) is 3. The summed E-state index contributed by atoms with van der Waals surface area (Å²) in [6.45, 7) is 4.78. The molecule has 1 aromatic rings. The number of carbonyl (C=O) groups excluding carboxylic acids is 1. The molecule has 1 aliphatic rings. The highest BCUT2D eigenvalue weighted by Gasteiger charge is 2.25. The molecular weight excluding hydrogens is 278 g/mol. The predicted octanol–water partition coefficient (Wildman–Crippen LogP) is 2.81. The first-order chi connectivity index (χ1) is 10.5. The van der Waals surface area contributed by atoms with Crippen molar-refractivity contribution in [3.63, 3.8) is 0 Å². The first-order valence-electron chi connectivity index (χ1n) is 8.03.